The monoisotopic (exact) mass is 225 g/mol. The van der Waals surface area contributed by atoms with E-state index in [1.165, 1.54) is 12.1 Å². The molecule has 1 rings (SSSR count). The fourth-order valence-electron chi connectivity index (χ4n) is 1.52. The summed E-state index contributed by atoms with van der Waals surface area (Å²) >= 11 is 0. The van der Waals surface area contributed by atoms with Crippen molar-refractivity contribution < 1.29 is 4.74 Å². The lowest BCUT2D eigenvalue weighted by Crippen LogP contribution is -2.21. The van der Waals surface area contributed by atoms with Crippen LogP contribution in [0.1, 0.15) is 26.0 Å². The molecule has 0 aliphatic heterocycles. The largest absolute Gasteiger partial charge is 0.383 e. The van der Waals surface area contributed by atoms with Crippen molar-refractivity contribution in [2.24, 2.45) is 5.92 Å². The van der Waals surface area contributed by atoms with Gasteiger partial charge in [0.05, 0.1) is 18.6 Å². The summed E-state index contributed by atoms with van der Waals surface area (Å²) in [6.07, 6.45) is 5.05. The second-order valence-corrected chi connectivity index (χ2v) is 4.22. The van der Waals surface area contributed by atoms with E-state index in [2.05, 4.69) is 28.7 Å². The van der Waals surface area contributed by atoms with Crippen molar-refractivity contribution in [3.05, 3.63) is 18.2 Å². The molecule has 0 saturated heterocycles. The highest BCUT2D eigenvalue weighted by atomic mass is 16.5. The normalized spacial score (nSPS) is 12.9. The summed E-state index contributed by atoms with van der Waals surface area (Å²) in [7, 11) is 1.72. The number of imidazole rings is 1. The molecule has 0 bridgehead atoms. The first-order valence-corrected chi connectivity index (χ1v) is 5.96. The van der Waals surface area contributed by atoms with Gasteiger partial charge in [-0.3, -0.25) is 0 Å². The zero-order chi connectivity index (χ0) is 11.8. The highest BCUT2D eigenvalue weighted by Crippen LogP contribution is 2.07. The number of hydrogen-bond acceptors (Lipinski definition) is 3. The summed E-state index contributed by atoms with van der Waals surface area (Å²) in [6, 6.07) is 0. The van der Waals surface area contributed by atoms with Gasteiger partial charge in [0.2, 0.25) is 0 Å². The van der Waals surface area contributed by atoms with E-state index in [-0.39, 0.29) is 0 Å². The van der Waals surface area contributed by atoms with Crippen LogP contribution in [0.4, 0.5) is 0 Å². The van der Waals surface area contributed by atoms with Gasteiger partial charge in [-0.05, 0) is 5.92 Å². The zero-order valence-corrected chi connectivity index (χ0v) is 10.6. The molecule has 4 nitrogen and oxygen atoms in total. The van der Waals surface area contributed by atoms with Crippen LogP contribution < -0.4 is 5.32 Å². The standard InChI is InChI=1S/C12H23N3O/c1-4-11(2)9-15-10-14-8-12(15)7-13-5-6-16-3/h8,10-11,13H,4-7,9H2,1-3H3. The second-order valence-electron chi connectivity index (χ2n) is 4.22. The number of nitrogens with zero attached hydrogens (tertiary/aromatic N) is 2. The van der Waals surface area contributed by atoms with E-state index in [1.54, 1.807) is 7.11 Å². The van der Waals surface area contributed by atoms with Crippen LogP contribution in [0.5, 0.6) is 0 Å². The fraction of sp³-hybridized carbons (Fsp3) is 0.750. The third kappa shape index (κ3) is 4.33. The van der Waals surface area contributed by atoms with E-state index >= 15 is 0 Å². The maximum atomic E-state index is 4.99. The van der Waals surface area contributed by atoms with Crippen molar-refractivity contribution in [2.75, 3.05) is 20.3 Å². The first-order valence-electron chi connectivity index (χ1n) is 5.96. The summed E-state index contributed by atoms with van der Waals surface area (Å²) in [6.45, 7) is 8.03. The van der Waals surface area contributed by atoms with E-state index in [0.717, 1.165) is 26.2 Å². The van der Waals surface area contributed by atoms with Crippen molar-refractivity contribution >= 4 is 0 Å². The van der Waals surface area contributed by atoms with E-state index in [1.807, 2.05) is 12.5 Å². The molecule has 4 heteroatoms. The van der Waals surface area contributed by atoms with Crippen LogP contribution in [-0.4, -0.2) is 29.8 Å². The van der Waals surface area contributed by atoms with Crippen molar-refractivity contribution in [1.82, 2.24) is 14.9 Å². The van der Waals surface area contributed by atoms with Crippen molar-refractivity contribution in [1.29, 1.82) is 0 Å². The lowest BCUT2D eigenvalue weighted by Gasteiger charge is -2.13. The number of hydrogen-bond donors (Lipinski definition) is 1. The predicted molar refractivity (Wildman–Crippen MR) is 65.3 cm³/mol. The van der Waals surface area contributed by atoms with Crippen LogP contribution in [0.15, 0.2) is 12.5 Å². The average molecular weight is 225 g/mol. The van der Waals surface area contributed by atoms with E-state index in [4.69, 9.17) is 4.74 Å². The molecule has 1 heterocycles. The molecule has 0 radical (unpaired) electrons. The Morgan fingerprint density at radius 2 is 2.38 bits per heavy atom. The molecule has 0 aromatic carbocycles. The molecule has 1 N–H and O–H groups in total. The molecule has 0 saturated carbocycles. The Bertz CT molecular complexity index is 286. The van der Waals surface area contributed by atoms with Crippen molar-refractivity contribution in [3.63, 3.8) is 0 Å². The van der Waals surface area contributed by atoms with E-state index < -0.39 is 0 Å². The molecular weight excluding hydrogens is 202 g/mol. The minimum Gasteiger partial charge on any atom is -0.383 e. The van der Waals surface area contributed by atoms with Gasteiger partial charge in [-0.2, -0.15) is 0 Å². The Balaban J connectivity index is 2.38. The summed E-state index contributed by atoms with van der Waals surface area (Å²) in [5, 5.41) is 3.33. The van der Waals surface area contributed by atoms with Gasteiger partial charge in [-0.15, -0.1) is 0 Å². The van der Waals surface area contributed by atoms with Gasteiger partial charge in [0, 0.05) is 32.9 Å². The quantitative estimate of drug-likeness (QED) is 0.684. The summed E-state index contributed by atoms with van der Waals surface area (Å²) in [5.41, 5.74) is 1.25. The maximum absolute atomic E-state index is 4.99. The van der Waals surface area contributed by atoms with Gasteiger partial charge in [0.25, 0.3) is 0 Å². The maximum Gasteiger partial charge on any atom is 0.0948 e. The Hall–Kier alpha value is -0.870. The molecule has 0 fully saturated rings. The Kier molecular flexibility index (Phi) is 6.11. The smallest absolute Gasteiger partial charge is 0.0948 e. The molecule has 1 atom stereocenters. The first-order chi connectivity index (χ1) is 7.77. The van der Waals surface area contributed by atoms with Gasteiger partial charge < -0.3 is 14.6 Å². The molecule has 1 unspecified atom stereocenters. The molecule has 1 aromatic heterocycles. The lowest BCUT2D eigenvalue weighted by atomic mass is 10.1. The SMILES string of the molecule is CCC(C)Cn1cncc1CNCCOC. The molecule has 16 heavy (non-hydrogen) atoms. The number of methoxy groups -OCH3 is 1. The van der Waals surface area contributed by atoms with Gasteiger partial charge >= 0.3 is 0 Å². The Labute approximate surface area is 98.0 Å². The molecule has 0 spiro atoms. The number of ether oxygens (including phenoxy) is 1. The number of nitrogens with one attached hydrogen (secondary N) is 1. The summed E-state index contributed by atoms with van der Waals surface area (Å²) < 4.78 is 7.22. The van der Waals surface area contributed by atoms with Crippen LogP contribution in [0.25, 0.3) is 0 Å². The van der Waals surface area contributed by atoms with E-state index in [0.29, 0.717) is 5.92 Å². The van der Waals surface area contributed by atoms with E-state index in [9.17, 15) is 0 Å². The molecule has 0 aliphatic carbocycles. The van der Waals surface area contributed by atoms with Gasteiger partial charge in [-0.25, -0.2) is 4.98 Å². The molecule has 0 aliphatic rings. The van der Waals surface area contributed by atoms with Gasteiger partial charge in [0.1, 0.15) is 0 Å². The Morgan fingerprint density at radius 1 is 1.56 bits per heavy atom. The summed E-state index contributed by atoms with van der Waals surface area (Å²) in [4.78, 5) is 4.20. The van der Waals surface area contributed by atoms with Crippen molar-refractivity contribution in [3.8, 4) is 0 Å². The zero-order valence-electron chi connectivity index (χ0n) is 10.6. The third-order valence-electron chi connectivity index (χ3n) is 2.79. The van der Waals surface area contributed by atoms with Crippen molar-refractivity contribution in [2.45, 2.75) is 33.4 Å². The lowest BCUT2D eigenvalue weighted by molar-refractivity contribution is 0.199. The highest BCUT2D eigenvalue weighted by Gasteiger charge is 2.05. The average Bonchev–Trinajstić information content (AvgIpc) is 2.72. The molecule has 0 amide bonds. The van der Waals surface area contributed by atoms with Crippen LogP contribution in [0.2, 0.25) is 0 Å². The number of rotatable bonds is 8. The minimum atomic E-state index is 0.701. The fourth-order valence-corrected chi connectivity index (χ4v) is 1.52. The van der Waals surface area contributed by atoms with Gasteiger partial charge in [-0.1, -0.05) is 20.3 Å². The van der Waals surface area contributed by atoms with Crippen LogP contribution in [0.3, 0.4) is 0 Å². The molecule has 92 valence electrons. The second kappa shape index (κ2) is 7.41. The topological polar surface area (TPSA) is 39.1 Å². The minimum absolute atomic E-state index is 0.701. The Morgan fingerprint density at radius 3 is 3.06 bits per heavy atom. The van der Waals surface area contributed by atoms with Crippen LogP contribution in [-0.2, 0) is 17.8 Å². The predicted octanol–water partition coefficient (Wildman–Crippen LogP) is 1.67. The third-order valence-corrected chi connectivity index (χ3v) is 2.79. The highest BCUT2D eigenvalue weighted by molar-refractivity contribution is 4.98. The summed E-state index contributed by atoms with van der Waals surface area (Å²) in [5.74, 6) is 0.701. The number of aromatic nitrogens is 2. The molecule has 1 aromatic rings. The van der Waals surface area contributed by atoms with Crippen LogP contribution in [0, 0.1) is 5.92 Å². The van der Waals surface area contributed by atoms with Crippen LogP contribution >= 0.6 is 0 Å². The molecular formula is C12H23N3O. The van der Waals surface area contributed by atoms with Gasteiger partial charge in [0.15, 0.2) is 0 Å². The first kappa shape index (κ1) is 13.2.